The van der Waals surface area contributed by atoms with Gasteiger partial charge in [0.1, 0.15) is 17.4 Å². The number of halogens is 1. The summed E-state index contributed by atoms with van der Waals surface area (Å²) in [6.45, 7) is 1.91. The Labute approximate surface area is 177 Å². The van der Waals surface area contributed by atoms with E-state index in [-0.39, 0.29) is 11.4 Å². The summed E-state index contributed by atoms with van der Waals surface area (Å²) in [5.41, 5.74) is 6.89. The monoisotopic (exact) mass is 431 g/mol. The highest BCUT2D eigenvalue weighted by atomic mass is 32.2. The van der Waals surface area contributed by atoms with Crippen molar-refractivity contribution < 1.29 is 18.8 Å². The summed E-state index contributed by atoms with van der Waals surface area (Å²) in [6, 6.07) is 11.8. The molecule has 1 aliphatic heterocycles. The minimum Gasteiger partial charge on any atom is -0.338 e. The molecule has 3 unspecified atom stereocenters. The Morgan fingerprint density at radius 1 is 1.17 bits per heavy atom. The fourth-order valence-corrected chi connectivity index (χ4v) is 3.62. The molecule has 10 heteroatoms. The molecule has 2 aromatic rings. The van der Waals surface area contributed by atoms with Gasteiger partial charge in [-0.2, -0.15) is 0 Å². The summed E-state index contributed by atoms with van der Waals surface area (Å²) in [5.74, 6) is -1.88. The van der Waals surface area contributed by atoms with Crippen LogP contribution < -0.4 is 27.0 Å². The average molecular weight is 431 g/mol. The van der Waals surface area contributed by atoms with Crippen LogP contribution in [0.5, 0.6) is 0 Å². The van der Waals surface area contributed by atoms with Gasteiger partial charge in [-0.05, 0) is 31.2 Å². The minimum absolute atomic E-state index is 0.0423. The number of thioether (sulfide) groups is 1. The molecule has 158 valence electrons. The molecule has 0 aromatic heterocycles. The molecule has 1 saturated heterocycles. The lowest BCUT2D eigenvalue weighted by molar-refractivity contribution is -0.125. The number of carbonyl (C=O) groups excluding carboxylic acids is 3. The summed E-state index contributed by atoms with van der Waals surface area (Å²) < 4.78 is 13.6. The first kappa shape index (κ1) is 21.8. The molecule has 1 heterocycles. The second kappa shape index (κ2) is 9.70. The van der Waals surface area contributed by atoms with E-state index < -0.39 is 41.2 Å². The zero-order valence-electron chi connectivity index (χ0n) is 16.1. The fraction of sp³-hybridized carbons (Fsp3) is 0.250. The highest BCUT2D eigenvalue weighted by Gasteiger charge is 2.35. The first-order valence-corrected chi connectivity index (χ1v) is 10.2. The Kier molecular flexibility index (Phi) is 7.03. The molecule has 30 heavy (non-hydrogen) atoms. The van der Waals surface area contributed by atoms with Crippen LogP contribution in [0.15, 0.2) is 48.5 Å². The zero-order chi connectivity index (χ0) is 21.7. The smallest absolute Gasteiger partial charge is 0.252 e. The number of amides is 3. The van der Waals surface area contributed by atoms with Crippen LogP contribution in [-0.4, -0.2) is 41.2 Å². The maximum atomic E-state index is 13.6. The van der Waals surface area contributed by atoms with Gasteiger partial charge in [0.2, 0.25) is 11.8 Å². The highest BCUT2D eigenvalue weighted by molar-refractivity contribution is 8.00. The third kappa shape index (κ3) is 5.56. The van der Waals surface area contributed by atoms with Crippen molar-refractivity contribution in [3.05, 3.63) is 65.5 Å². The van der Waals surface area contributed by atoms with E-state index in [2.05, 4.69) is 21.3 Å². The second-order valence-corrected chi connectivity index (χ2v) is 7.83. The van der Waals surface area contributed by atoms with Crippen LogP contribution in [0.25, 0.3) is 0 Å². The Hall–Kier alpha value is -2.95. The average Bonchev–Trinajstić information content (AvgIpc) is 2.71. The maximum Gasteiger partial charge on any atom is 0.252 e. The molecule has 6 N–H and O–H groups in total. The summed E-state index contributed by atoms with van der Waals surface area (Å²) in [5, 5.41) is 10.7. The Bertz CT molecular complexity index is 940. The van der Waals surface area contributed by atoms with E-state index in [1.54, 1.807) is 30.3 Å². The van der Waals surface area contributed by atoms with Gasteiger partial charge in [-0.15, -0.1) is 11.8 Å². The third-order valence-corrected chi connectivity index (χ3v) is 5.40. The molecule has 3 rings (SSSR count). The van der Waals surface area contributed by atoms with Crippen molar-refractivity contribution in [2.75, 3.05) is 11.1 Å². The Morgan fingerprint density at radius 2 is 1.87 bits per heavy atom. The fourth-order valence-electron chi connectivity index (χ4n) is 2.78. The molecule has 3 atom stereocenters. The zero-order valence-corrected chi connectivity index (χ0v) is 17.0. The SMILES string of the molecule is Cc1ccc(C(=O)NC2C(=O)NC(SCC(=O)Nc3ccccc3F)NC2N)cc1. The van der Waals surface area contributed by atoms with E-state index in [0.29, 0.717) is 5.56 Å². The van der Waals surface area contributed by atoms with Crippen LogP contribution >= 0.6 is 11.8 Å². The lowest BCUT2D eigenvalue weighted by atomic mass is 10.1. The van der Waals surface area contributed by atoms with Crippen LogP contribution in [0.3, 0.4) is 0 Å². The Balaban J connectivity index is 1.50. The number of hydrogen-bond donors (Lipinski definition) is 5. The summed E-state index contributed by atoms with van der Waals surface area (Å²) in [6.07, 6.45) is -0.847. The third-order valence-electron chi connectivity index (χ3n) is 4.39. The van der Waals surface area contributed by atoms with Gasteiger partial charge in [-0.3, -0.25) is 19.7 Å². The van der Waals surface area contributed by atoms with Crippen molar-refractivity contribution >= 4 is 35.2 Å². The van der Waals surface area contributed by atoms with E-state index in [9.17, 15) is 18.8 Å². The summed E-state index contributed by atoms with van der Waals surface area (Å²) in [4.78, 5) is 36.8. The number of carbonyl (C=O) groups is 3. The van der Waals surface area contributed by atoms with Crippen LogP contribution in [0.1, 0.15) is 15.9 Å². The molecule has 1 fully saturated rings. The summed E-state index contributed by atoms with van der Waals surface area (Å²) >= 11 is 1.09. The van der Waals surface area contributed by atoms with Gasteiger partial charge in [0.25, 0.3) is 5.91 Å². The van der Waals surface area contributed by atoms with Crippen molar-refractivity contribution in [2.24, 2.45) is 5.73 Å². The maximum absolute atomic E-state index is 13.6. The molecule has 2 aromatic carbocycles. The normalized spacial score (nSPS) is 20.9. The molecule has 0 spiro atoms. The molecule has 8 nitrogen and oxygen atoms in total. The van der Waals surface area contributed by atoms with Crippen molar-refractivity contribution in [1.82, 2.24) is 16.0 Å². The molecule has 0 aliphatic carbocycles. The molecule has 0 radical (unpaired) electrons. The predicted molar refractivity (Wildman–Crippen MR) is 113 cm³/mol. The van der Waals surface area contributed by atoms with Gasteiger partial charge < -0.3 is 21.7 Å². The second-order valence-electron chi connectivity index (χ2n) is 6.74. The quantitative estimate of drug-likeness (QED) is 0.463. The van der Waals surface area contributed by atoms with Gasteiger partial charge in [0.05, 0.1) is 17.6 Å². The van der Waals surface area contributed by atoms with E-state index in [0.717, 1.165) is 17.3 Å². The van der Waals surface area contributed by atoms with E-state index >= 15 is 0 Å². The lowest BCUT2D eigenvalue weighted by Gasteiger charge is -2.35. The number of benzene rings is 2. The van der Waals surface area contributed by atoms with Crippen molar-refractivity contribution in [3.63, 3.8) is 0 Å². The van der Waals surface area contributed by atoms with E-state index in [1.165, 1.54) is 18.2 Å². The van der Waals surface area contributed by atoms with Crippen LogP contribution in [0, 0.1) is 12.7 Å². The van der Waals surface area contributed by atoms with Crippen molar-refractivity contribution in [3.8, 4) is 0 Å². The standard InChI is InChI=1S/C20H22FN5O3S/c1-11-6-8-12(9-7-11)18(28)24-16-17(22)25-20(26-19(16)29)30-10-15(27)23-14-5-3-2-4-13(14)21/h2-9,16-17,20,25H,10,22H2,1H3,(H,23,27)(H,24,28)(H,26,29). The predicted octanol–water partition coefficient (Wildman–Crippen LogP) is 0.892. The van der Waals surface area contributed by atoms with Crippen LogP contribution in [0.4, 0.5) is 10.1 Å². The largest absolute Gasteiger partial charge is 0.338 e. The lowest BCUT2D eigenvalue weighted by Crippen LogP contribution is -2.70. The van der Waals surface area contributed by atoms with E-state index in [1.807, 2.05) is 6.92 Å². The minimum atomic E-state index is -0.970. The highest BCUT2D eigenvalue weighted by Crippen LogP contribution is 2.15. The molecule has 0 saturated carbocycles. The topological polar surface area (TPSA) is 125 Å². The molecular formula is C20H22FN5O3S. The molecule has 1 aliphatic rings. The number of nitrogens with two attached hydrogens (primary N) is 1. The number of aryl methyl sites for hydroxylation is 1. The first-order chi connectivity index (χ1) is 14.3. The number of anilines is 1. The number of para-hydroxylation sites is 1. The van der Waals surface area contributed by atoms with Crippen molar-refractivity contribution in [1.29, 1.82) is 0 Å². The van der Waals surface area contributed by atoms with Gasteiger partial charge in [-0.1, -0.05) is 29.8 Å². The molecule has 0 bridgehead atoms. The van der Waals surface area contributed by atoms with Gasteiger partial charge >= 0.3 is 0 Å². The molecule has 3 amide bonds. The number of rotatable bonds is 6. The molecular weight excluding hydrogens is 409 g/mol. The van der Waals surface area contributed by atoms with E-state index in [4.69, 9.17) is 5.73 Å². The number of hydrogen-bond acceptors (Lipinski definition) is 6. The van der Waals surface area contributed by atoms with Gasteiger partial charge in [-0.25, -0.2) is 4.39 Å². The summed E-state index contributed by atoms with van der Waals surface area (Å²) in [7, 11) is 0. The van der Waals surface area contributed by atoms with Crippen molar-refractivity contribution in [2.45, 2.75) is 24.6 Å². The first-order valence-electron chi connectivity index (χ1n) is 9.19. The van der Waals surface area contributed by atoms with Crippen LogP contribution in [-0.2, 0) is 9.59 Å². The van der Waals surface area contributed by atoms with Gasteiger partial charge in [0.15, 0.2) is 0 Å². The Morgan fingerprint density at radius 3 is 2.53 bits per heavy atom. The van der Waals surface area contributed by atoms with Gasteiger partial charge in [0, 0.05) is 5.56 Å². The van der Waals surface area contributed by atoms with Crippen LogP contribution in [0.2, 0.25) is 0 Å². The number of nitrogens with one attached hydrogen (secondary N) is 4.